The summed E-state index contributed by atoms with van der Waals surface area (Å²) in [6, 6.07) is 1.31. The van der Waals surface area contributed by atoms with Crippen LogP contribution in [-0.2, 0) is 0 Å². The molecule has 2 aliphatic rings. The molecule has 104 valence electrons. The third-order valence-corrected chi connectivity index (χ3v) is 4.47. The SMILES string of the molecule is COc1ncnc(N2CCC3CCC(C2)N3C)c1N. The first-order valence-corrected chi connectivity index (χ1v) is 6.82. The van der Waals surface area contributed by atoms with E-state index in [4.69, 9.17) is 10.5 Å². The van der Waals surface area contributed by atoms with Crippen molar-refractivity contribution < 1.29 is 4.74 Å². The zero-order valence-corrected chi connectivity index (χ0v) is 11.5. The molecule has 2 saturated heterocycles. The number of methoxy groups -OCH3 is 1. The normalized spacial score (nSPS) is 27.4. The molecule has 2 aliphatic heterocycles. The van der Waals surface area contributed by atoms with Gasteiger partial charge in [0.15, 0.2) is 5.82 Å². The number of nitrogens with two attached hydrogens (primary N) is 1. The van der Waals surface area contributed by atoms with Crippen LogP contribution in [0.25, 0.3) is 0 Å². The number of hydrogen-bond donors (Lipinski definition) is 1. The predicted molar refractivity (Wildman–Crippen MR) is 74.4 cm³/mol. The molecule has 3 heterocycles. The Balaban J connectivity index is 1.87. The molecule has 0 saturated carbocycles. The van der Waals surface area contributed by atoms with Crippen LogP contribution in [0.1, 0.15) is 19.3 Å². The summed E-state index contributed by atoms with van der Waals surface area (Å²) < 4.78 is 5.18. The zero-order valence-electron chi connectivity index (χ0n) is 11.5. The molecule has 2 fully saturated rings. The van der Waals surface area contributed by atoms with Gasteiger partial charge >= 0.3 is 0 Å². The van der Waals surface area contributed by atoms with Gasteiger partial charge in [-0.3, -0.25) is 4.90 Å². The van der Waals surface area contributed by atoms with Crippen LogP contribution in [0, 0.1) is 0 Å². The van der Waals surface area contributed by atoms with E-state index in [-0.39, 0.29) is 0 Å². The molecule has 0 aliphatic carbocycles. The van der Waals surface area contributed by atoms with E-state index >= 15 is 0 Å². The maximum absolute atomic E-state index is 6.10. The Labute approximate surface area is 113 Å². The van der Waals surface area contributed by atoms with Crippen LogP contribution in [0.3, 0.4) is 0 Å². The minimum absolute atomic E-state index is 0.466. The third-order valence-electron chi connectivity index (χ3n) is 4.47. The molecule has 2 N–H and O–H groups in total. The molecule has 2 bridgehead atoms. The van der Waals surface area contributed by atoms with Crippen LogP contribution in [0.2, 0.25) is 0 Å². The van der Waals surface area contributed by atoms with Crippen molar-refractivity contribution in [1.82, 2.24) is 14.9 Å². The lowest BCUT2D eigenvalue weighted by Crippen LogP contribution is -2.37. The van der Waals surface area contributed by atoms with Gasteiger partial charge < -0.3 is 15.4 Å². The number of aromatic nitrogens is 2. The van der Waals surface area contributed by atoms with E-state index in [1.807, 2.05) is 0 Å². The van der Waals surface area contributed by atoms with Gasteiger partial charge in [0, 0.05) is 25.2 Å². The molecule has 0 amide bonds. The number of anilines is 2. The molecule has 6 heteroatoms. The Bertz CT molecular complexity index is 466. The number of fused-ring (bicyclic) bond motifs is 2. The van der Waals surface area contributed by atoms with Gasteiger partial charge in [-0.2, -0.15) is 4.98 Å². The fourth-order valence-electron chi connectivity index (χ4n) is 3.29. The fourth-order valence-corrected chi connectivity index (χ4v) is 3.29. The number of nitrogen functional groups attached to an aromatic ring is 1. The number of likely N-dealkylation sites (N-methyl/N-ethyl adjacent to an activating group) is 1. The van der Waals surface area contributed by atoms with Crippen molar-refractivity contribution in [2.75, 3.05) is 37.9 Å². The molecular formula is C13H21N5O. The smallest absolute Gasteiger partial charge is 0.242 e. The summed E-state index contributed by atoms with van der Waals surface area (Å²) in [6.07, 6.45) is 5.27. The first-order valence-electron chi connectivity index (χ1n) is 6.82. The molecule has 3 rings (SSSR count). The van der Waals surface area contributed by atoms with Crippen molar-refractivity contribution in [2.24, 2.45) is 0 Å². The second-order valence-electron chi connectivity index (χ2n) is 5.41. The van der Waals surface area contributed by atoms with Crippen LogP contribution in [0.5, 0.6) is 5.88 Å². The Hall–Kier alpha value is -1.56. The van der Waals surface area contributed by atoms with Gasteiger partial charge in [0.2, 0.25) is 5.88 Å². The minimum Gasteiger partial charge on any atom is -0.479 e. The van der Waals surface area contributed by atoms with Crippen molar-refractivity contribution in [2.45, 2.75) is 31.3 Å². The maximum Gasteiger partial charge on any atom is 0.242 e. The van der Waals surface area contributed by atoms with E-state index < -0.39 is 0 Å². The highest BCUT2D eigenvalue weighted by Crippen LogP contribution is 2.33. The summed E-state index contributed by atoms with van der Waals surface area (Å²) in [5.41, 5.74) is 6.65. The molecule has 19 heavy (non-hydrogen) atoms. The molecule has 2 atom stereocenters. The molecule has 2 unspecified atom stereocenters. The Kier molecular flexibility index (Phi) is 3.18. The second-order valence-corrected chi connectivity index (χ2v) is 5.41. The molecule has 0 aromatic carbocycles. The summed E-state index contributed by atoms with van der Waals surface area (Å²) >= 11 is 0. The molecule has 6 nitrogen and oxygen atoms in total. The standard InChI is InChI=1S/C13H21N5O/c1-17-9-3-4-10(17)7-18(6-5-9)12-11(14)13(19-2)16-8-15-12/h8-10H,3-7,14H2,1-2H3. The lowest BCUT2D eigenvalue weighted by atomic mass is 10.1. The summed E-state index contributed by atoms with van der Waals surface area (Å²) in [4.78, 5) is 13.2. The maximum atomic E-state index is 6.10. The highest BCUT2D eigenvalue weighted by molar-refractivity contribution is 5.67. The summed E-state index contributed by atoms with van der Waals surface area (Å²) in [6.45, 7) is 1.98. The van der Waals surface area contributed by atoms with Crippen molar-refractivity contribution in [1.29, 1.82) is 0 Å². The van der Waals surface area contributed by atoms with Crippen molar-refractivity contribution in [3.8, 4) is 5.88 Å². The van der Waals surface area contributed by atoms with Gasteiger partial charge in [0.05, 0.1) is 7.11 Å². The lowest BCUT2D eigenvalue weighted by molar-refractivity contribution is 0.254. The van der Waals surface area contributed by atoms with E-state index in [1.54, 1.807) is 7.11 Å². The minimum atomic E-state index is 0.466. The van der Waals surface area contributed by atoms with Gasteiger partial charge in [-0.25, -0.2) is 4.98 Å². The first-order chi connectivity index (χ1) is 9.20. The van der Waals surface area contributed by atoms with E-state index in [1.165, 1.54) is 25.6 Å². The van der Waals surface area contributed by atoms with Gasteiger partial charge in [0.25, 0.3) is 0 Å². The lowest BCUT2D eigenvalue weighted by Gasteiger charge is -2.27. The Morgan fingerprint density at radius 1 is 1.26 bits per heavy atom. The molecule has 0 radical (unpaired) electrons. The highest BCUT2D eigenvalue weighted by atomic mass is 16.5. The van der Waals surface area contributed by atoms with Gasteiger partial charge in [-0.1, -0.05) is 0 Å². The van der Waals surface area contributed by atoms with E-state index in [0.717, 1.165) is 18.9 Å². The average Bonchev–Trinajstić information content (AvgIpc) is 2.64. The van der Waals surface area contributed by atoms with Crippen molar-refractivity contribution in [3.05, 3.63) is 6.33 Å². The third kappa shape index (κ3) is 2.10. The molecular weight excluding hydrogens is 242 g/mol. The molecule has 1 aromatic rings. The van der Waals surface area contributed by atoms with Crippen LogP contribution in [0.15, 0.2) is 6.33 Å². The zero-order chi connectivity index (χ0) is 13.4. The quantitative estimate of drug-likeness (QED) is 0.849. The summed E-state index contributed by atoms with van der Waals surface area (Å²) in [7, 11) is 3.82. The molecule has 0 spiro atoms. The van der Waals surface area contributed by atoms with Crippen LogP contribution >= 0.6 is 0 Å². The van der Waals surface area contributed by atoms with E-state index in [2.05, 4.69) is 26.8 Å². The number of hydrogen-bond acceptors (Lipinski definition) is 6. The van der Waals surface area contributed by atoms with Crippen molar-refractivity contribution in [3.63, 3.8) is 0 Å². The number of rotatable bonds is 2. The van der Waals surface area contributed by atoms with Crippen LogP contribution in [-0.4, -0.2) is 54.2 Å². The number of ether oxygens (including phenoxy) is 1. The predicted octanol–water partition coefficient (Wildman–Crippen LogP) is 0.740. The molecule has 1 aromatic heterocycles. The van der Waals surface area contributed by atoms with E-state index in [9.17, 15) is 0 Å². The van der Waals surface area contributed by atoms with Gasteiger partial charge in [0.1, 0.15) is 12.0 Å². The largest absolute Gasteiger partial charge is 0.479 e. The van der Waals surface area contributed by atoms with Gasteiger partial charge in [-0.15, -0.1) is 0 Å². The number of nitrogens with zero attached hydrogens (tertiary/aromatic N) is 4. The topological polar surface area (TPSA) is 67.5 Å². The second kappa shape index (κ2) is 4.85. The first kappa shape index (κ1) is 12.5. The average molecular weight is 263 g/mol. The van der Waals surface area contributed by atoms with Crippen molar-refractivity contribution >= 4 is 11.5 Å². The monoisotopic (exact) mass is 263 g/mol. The van der Waals surface area contributed by atoms with Gasteiger partial charge in [-0.05, 0) is 26.3 Å². The van der Waals surface area contributed by atoms with E-state index in [0.29, 0.717) is 23.7 Å². The fraction of sp³-hybridized carbons (Fsp3) is 0.692. The summed E-state index contributed by atoms with van der Waals surface area (Å²) in [5.74, 6) is 1.28. The summed E-state index contributed by atoms with van der Waals surface area (Å²) in [5, 5.41) is 0. The Morgan fingerprint density at radius 2 is 2.05 bits per heavy atom. The van der Waals surface area contributed by atoms with Crippen LogP contribution in [0.4, 0.5) is 11.5 Å². The Morgan fingerprint density at radius 3 is 2.84 bits per heavy atom. The van der Waals surface area contributed by atoms with Crippen LogP contribution < -0.4 is 15.4 Å². The highest BCUT2D eigenvalue weighted by Gasteiger charge is 2.35.